The van der Waals surface area contributed by atoms with Gasteiger partial charge in [-0.3, -0.25) is 9.59 Å². The van der Waals surface area contributed by atoms with Gasteiger partial charge in [0.25, 0.3) is 5.56 Å². The van der Waals surface area contributed by atoms with Crippen LogP contribution in [0.1, 0.15) is 55.6 Å². The van der Waals surface area contributed by atoms with Gasteiger partial charge in [-0.05, 0) is 19.8 Å². The van der Waals surface area contributed by atoms with Crippen molar-refractivity contribution < 1.29 is 4.79 Å². The average Bonchev–Trinajstić information content (AvgIpc) is 2.84. The van der Waals surface area contributed by atoms with Crippen molar-refractivity contribution in [3.05, 3.63) is 21.9 Å². The SMILES string of the molecule is [B]C(=O)N1CC(c2nc3c(c(C)nn3C3CCCCC3)c(=O)[nH]2)C1. The molecule has 0 bridgehead atoms. The molecule has 2 radical (unpaired) electrons. The number of hydrogen-bond acceptors (Lipinski definition) is 4. The van der Waals surface area contributed by atoms with E-state index in [4.69, 9.17) is 12.8 Å². The average molecular weight is 325 g/mol. The van der Waals surface area contributed by atoms with Gasteiger partial charge in [-0.25, -0.2) is 9.67 Å². The molecule has 1 aliphatic heterocycles. The maximum Gasteiger partial charge on any atom is 0.262 e. The lowest BCUT2D eigenvalue weighted by molar-refractivity contribution is 0.170. The largest absolute Gasteiger partial charge is 0.351 e. The molecule has 1 saturated heterocycles. The fraction of sp³-hybridized carbons (Fsp3) is 0.625. The van der Waals surface area contributed by atoms with Crippen molar-refractivity contribution in [3.63, 3.8) is 0 Å². The Morgan fingerprint density at radius 1 is 1.25 bits per heavy atom. The van der Waals surface area contributed by atoms with Crippen LogP contribution in [-0.4, -0.2) is 51.4 Å². The van der Waals surface area contributed by atoms with Gasteiger partial charge < -0.3 is 9.88 Å². The summed E-state index contributed by atoms with van der Waals surface area (Å²) in [5.74, 6) is 0.226. The van der Waals surface area contributed by atoms with E-state index in [0.717, 1.165) is 18.5 Å². The topological polar surface area (TPSA) is 83.9 Å². The number of hydrogen-bond donors (Lipinski definition) is 1. The molecule has 8 heteroatoms. The van der Waals surface area contributed by atoms with E-state index in [0.29, 0.717) is 36.0 Å². The van der Waals surface area contributed by atoms with Gasteiger partial charge in [-0.2, -0.15) is 5.10 Å². The van der Waals surface area contributed by atoms with Crippen LogP contribution in [0, 0.1) is 6.92 Å². The van der Waals surface area contributed by atoms with Gasteiger partial charge in [0, 0.05) is 13.1 Å². The van der Waals surface area contributed by atoms with Gasteiger partial charge in [0.05, 0.1) is 17.7 Å². The molecule has 1 saturated carbocycles. The van der Waals surface area contributed by atoms with E-state index < -0.39 is 5.81 Å². The molecule has 1 aliphatic carbocycles. The number of aromatic amines is 1. The molecule has 7 nitrogen and oxygen atoms in total. The number of aromatic nitrogens is 4. The smallest absolute Gasteiger partial charge is 0.262 e. The highest BCUT2D eigenvalue weighted by Crippen LogP contribution is 2.31. The molecule has 0 aromatic carbocycles. The van der Waals surface area contributed by atoms with Gasteiger partial charge >= 0.3 is 0 Å². The summed E-state index contributed by atoms with van der Waals surface area (Å²) in [6.07, 6.45) is 5.81. The van der Waals surface area contributed by atoms with Crippen LogP contribution in [0.25, 0.3) is 11.0 Å². The molecule has 2 aromatic heterocycles. The minimum Gasteiger partial charge on any atom is -0.351 e. The summed E-state index contributed by atoms with van der Waals surface area (Å²) < 4.78 is 1.95. The lowest BCUT2D eigenvalue weighted by Gasteiger charge is -2.38. The number of H-pyrrole nitrogens is 1. The summed E-state index contributed by atoms with van der Waals surface area (Å²) in [6.45, 7) is 2.86. The monoisotopic (exact) mass is 325 g/mol. The van der Waals surface area contributed by atoms with Crippen molar-refractivity contribution in [2.75, 3.05) is 13.1 Å². The molecular weight excluding hydrogens is 305 g/mol. The van der Waals surface area contributed by atoms with Crippen LogP contribution in [0.3, 0.4) is 0 Å². The van der Waals surface area contributed by atoms with Gasteiger partial charge in [0.2, 0.25) is 7.85 Å². The van der Waals surface area contributed by atoms with Crippen LogP contribution in [0.5, 0.6) is 0 Å². The first-order valence-electron chi connectivity index (χ1n) is 8.58. The zero-order valence-corrected chi connectivity index (χ0v) is 13.8. The van der Waals surface area contributed by atoms with Crippen molar-refractivity contribution in [2.45, 2.75) is 51.0 Å². The highest BCUT2D eigenvalue weighted by molar-refractivity contribution is 6.57. The van der Waals surface area contributed by atoms with Crippen LogP contribution in [0.4, 0.5) is 4.79 Å². The second-order valence-electron chi connectivity index (χ2n) is 6.91. The standard InChI is InChI=1S/C16H20BN5O2/c1-9-12-14(22(20-9)11-5-3-2-4-6-11)18-13(19-15(12)23)10-7-21(8-10)16(17)24/h10-11H,2-8H2,1H3,(H,18,19,23). The summed E-state index contributed by atoms with van der Waals surface area (Å²) in [5, 5.41) is 5.19. The second-order valence-corrected chi connectivity index (χ2v) is 6.91. The number of likely N-dealkylation sites (tertiary alicyclic amines) is 1. The lowest BCUT2D eigenvalue weighted by Crippen LogP contribution is -2.49. The molecule has 4 rings (SSSR count). The highest BCUT2D eigenvalue weighted by Gasteiger charge is 2.32. The third kappa shape index (κ3) is 2.44. The molecule has 0 unspecified atom stereocenters. The Labute approximate surface area is 140 Å². The van der Waals surface area contributed by atoms with Crippen LogP contribution < -0.4 is 5.56 Å². The predicted molar refractivity (Wildman–Crippen MR) is 90.5 cm³/mol. The molecule has 1 N–H and O–H groups in total. The van der Waals surface area contributed by atoms with Gasteiger partial charge in [-0.15, -0.1) is 0 Å². The van der Waals surface area contributed by atoms with Gasteiger partial charge in [-0.1, -0.05) is 19.3 Å². The zero-order chi connectivity index (χ0) is 16.8. The first-order valence-corrected chi connectivity index (χ1v) is 8.58. The normalized spacial score (nSPS) is 19.6. The number of carbonyl (C=O) groups is 1. The first kappa shape index (κ1) is 15.4. The van der Waals surface area contributed by atoms with Crippen molar-refractivity contribution in [1.82, 2.24) is 24.6 Å². The third-order valence-corrected chi connectivity index (χ3v) is 5.26. The highest BCUT2D eigenvalue weighted by atomic mass is 16.2. The summed E-state index contributed by atoms with van der Waals surface area (Å²) in [5.41, 5.74) is 1.26. The minimum absolute atomic E-state index is 0.0320. The van der Waals surface area contributed by atoms with Crippen molar-refractivity contribution in [1.29, 1.82) is 0 Å². The summed E-state index contributed by atoms with van der Waals surface area (Å²) in [7, 11) is 5.26. The fourth-order valence-corrected chi connectivity index (χ4v) is 3.83. The molecule has 0 atom stereocenters. The van der Waals surface area contributed by atoms with Crippen LogP contribution >= 0.6 is 0 Å². The minimum atomic E-state index is -0.433. The molecule has 1 amide bonds. The quantitative estimate of drug-likeness (QED) is 0.851. The second kappa shape index (κ2) is 5.75. The van der Waals surface area contributed by atoms with Crippen molar-refractivity contribution in [2.24, 2.45) is 0 Å². The van der Waals surface area contributed by atoms with E-state index in [2.05, 4.69) is 10.1 Å². The summed E-state index contributed by atoms with van der Waals surface area (Å²) in [6, 6.07) is 0.320. The number of rotatable bonds is 2. The van der Waals surface area contributed by atoms with Crippen LogP contribution in [0.2, 0.25) is 0 Å². The van der Waals surface area contributed by atoms with E-state index in [1.54, 1.807) is 4.90 Å². The summed E-state index contributed by atoms with van der Waals surface area (Å²) >= 11 is 0. The Morgan fingerprint density at radius 3 is 2.62 bits per heavy atom. The molecule has 24 heavy (non-hydrogen) atoms. The van der Waals surface area contributed by atoms with E-state index in [1.807, 2.05) is 11.6 Å². The molecule has 0 spiro atoms. The number of nitrogens with one attached hydrogen (secondary N) is 1. The molecule has 2 aliphatic rings. The molecule has 2 fully saturated rings. The van der Waals surface area contributed by atoms with Crippen LogP contribution in [-0.2, 0) is 0 Å². The Morgan fingerprint density at radius 2 is 1.96 bits per heavy atom. The number of amides is 1. The Bertz CT molecular complexity index is 846. The van der Waals surface area contributed by atoms with Gasteiger partial charge in [0.1, 0.15) is 11.2 Å². The van der Waals surface area contributed by atoms with Gasteiger partial charge in [0.15, 0.2) is 11.5 Å². The van der Waals surface area contributed by atoms with E-state index >= 15 is 0 Å². The maximum atomic E-state index is 12.5. The number of aryl methyl sites for hydroxylation is 1. The van der Waals surface area contributed by atoms with E-state index in [-0.39, 0.29) is 11.5 Å². The van der Waals surface area contributed by atoms with Crippen molar-refractivity contribution in [3.8, 4) is 0 Å². The molecular formula is C16H20BN5O2. The predicted octanol–water partition coefficient (Wildman–Crippen LogP) is 1.62. The zero-order valence-electron chi connectivity index (χ0n) is 13.8. The third-order valence-electron chi connectivity index (χ3n) is 5.26. The number of carbonyl (C=O) groups excluding carboxylic acids is 1. The maximum absolute atomic E-state index is 12.5. The van der Waals surface area contributed by atoms with E-state index in [9.17, 15) is 9.59 Å². The fourth-order valence-electron chi connectivity index (χ4n) is 3.83. The molecule has 3 heterocycles. The summed E-state index contributed by atoms with van der Waals surface area (Å²) in [4.78, 5) is 32.8. The Kier molecular flexibility index (Phi) is 3.70. The molecule has 2 aromatic rings. The lowest BCUT2D eigenvalue weighted by atomic mass is 9.95. The Hall–Kier alpha value is -2.12. The Balaban J connectivity index is 1.73. The van der Waals surface area contributed by atoms with Crippen LogP contribution in [0.15, 0.2) is 4.79 Å². The van der Waals surface area contributed by atoms with E-state index in [1.165, 1.54) is 19.3 Å². The number of fused-ring (bicyclic) bond motifs is 1. The molecule has 124 valence electrons. The first-order chi connectivity index (χ1) is 11.5. The number of nitrogens with zero attached hydrogens (tertiary/aromatic N) is 4. The van der Waals surface area contributed by atoms with Crippen molar-refractivity contribution >= 4 is 24.7 Å².